The lowest BCUT2D eigenvalue weighted by atomic mass is 9.89. The van der Waals surface area contributed by atoms with Crippen LogP contribution in [0.2, 0.25) is 0 Å². The molecule has 1 aliphatic rings. The van der Waals surface area contributed by atoms with E-state index in [0.29, 0.717) is 18.7 Å². The standard InChI is InChI=1S/C25H36N2O2/c1-29-24-16-8-7-14-22(24)20-26-23-15-11-18-27(17-9-2-3-10-19-28)25(23)21-12-5-4-6-13-21/h4-8,12-14,16,23,25-26,28H,2-3,9-11,15,17-20H2,1H3/t23-,25-/m0/s1. The molecule has 2 atom stereocenters. The van der Waals surface area contributed by atoms with Gasteiger partial charge < -0.3 is 15.2 Å². The molecule has 4 nitrogen and oxygen atoms in total. The van der Waals surface area contributed by atoms with Crippen molar-refractivity contribution in [2.24, 2.45) is 0 Å². The van der Waals surface area contributed by atoms with Gasteiger partial charge in [-0.1, -0.05) is 61.4 Å². The van der Waals surface area contributed by atoms with Gasteiger partial charge in [0.05, 0.1) is 13.2 Å². The number of nitrogens with one attached hydrogen (secondary N) is 1. The zero-order valence-electron chi connectivity index (χ0n) is 17.7. The lowest BCUT2D eigenvalue weighted by Gasteiger charge is -2.42. The van der Waals surface area contributed by atoms with Gasteiger partial charge >= 0.3 is 0 Å². The summed E-state index contributed by atoms with van der Waals surface area (Å²) in [6, 6.07) is 20.0. The first kappa shape index (κ1) is 21.8. The molecular formula is C25H36N2O2. The fourth-order valence-corrected chi connectivity index (χ4v) is 4.49. The molecule has 2 aromatic carbocycles. The van der Waals surface area contributed by atoms with E-state index in [-0.39, 0.29) is 0 Å². The summed E-state index contributed by atoms with van der Waals surface area (Å²) >= 11 is 0. The maximum atomic E-state index is 9.00. The smallest absolute Gasteiger partial charge is 0.123 e. The summed E-state index contributed by atoms with van der Waals surface area (Å²) < 4.78 is 5.53. The molecule has 0 unspecified atom stereocenters. The van der Waals surface area contributed by atoms with Crippen LogP contribution in [0, 0.1) is 0 Å². The van der Waals surface area contributed by atoms with Gasteiger partial charge in [-0.3, -0.25) is 4.90 Å². The van der Waals surface area contributed by atoms with E-state index in [1.54, 1.807) is 7.11 Å². The van der Waals surface area contributed by atoms with Gasteiger partial charge in [-0.05, 0) is 50.4 Å². The van der Waals surface area contributed by atoms with Crippen LogP contribution in [0.25, 0.3) is 0 Å². The number of hydrogen-bond donors (Lipinski definition) is 2. The highest BCUT2D eigenvalue weighted by Crippen LogP contribution is 2.32. The minimum absolute atomic E-state index is 0.311. The van der Waals surface area contributed by atoms with Crippen molar-refractivity contribution < 1.29 is 9.84 Å². The van der Waals surface area contributed by atoms with Crippen molar-refractivity contribution in [1.29, 1.82) is 0 Å². The molecule has 1 aliphatic heterocycles. The summed E-state index contributed by atoms with van der Waals surface area (Å²) in [6.45, 7) is 3.41. The summed E-state index contributed by atoms with van der Waals surface area (Å²) in [5, 5.41) is 12.8. The van der Waals surface area contributed by atoms with Crippen molar-refractivity contribution in [3.8, 4) is 5.75 Å². The number of likely N-dealkylation sites (tertiary alicyclic amines) is 1. The molecule has 0 saturated carbocycles. The van der Waals surface area contributed by atoms with Gasteiger partial charge in [-0.15, -0.1) is 0 Å². The Hall–Kier alpha value is -1.88. The van der Waals surface area contributed by atoms with Gasteiger partial charge in [0.2, 0.25) is 0 Å². The van der Waals surface area contributed by atoms with E-state index < -0.39 is 0 Å². The van der Waals surface area contributed by atoms with Gasteiger partial charge in [0, 0.05) is 24.8 Å². The Labute approximate surface area is 175 Å². The van der Waals surface area contributed by atoms with Crippen LogP contribution >= 0.6 is 0 Å². The summed E-state index contributed by atoms with van der Waals surface area (Å²) in [5.41, 5.74) is 2.61. The van der Waals surface area contributed by atoms with Gasteiger partial charge in [-0.25, -0.2) is 0 Å². The maximum absolute atomic E-state index is 9.00. The molecule has 4 heteroatoms. The van der Waals surface area contributed by atoms with Crippen molar-refractivity contribution in [2.75, 3.05) is 26.8 Å². The molecule has 2 aromatic rings. The van der Waals surface area contributed by atoms with Crippen molar-refractivity contribution in [1.82, 2.24) is 10.2 Å². The first-order chi connectivity index (χ1) is 14.3. The lowest BCUT2D eigenvalue weighted by molar-refractivity contribution is 0.108. The van der Waals surface area contributed by atoms with Crippen molar-refractivity contribution in [3.63, 3.8) is 0 Å². The van der Waals surface area contributed by atoms with Crippen LogP contribution in [-0.4, -0.2) is 42.9 Å². The SMILES string of the molecule is COc1ccccc1CN[C@H]1CCCN(CCCCCCO)[C@H]1c1ccccc1. The third-order valence-electron chi connectivity index (χ3n) is 5.98. The molecule has 0 bridgehead atoms. The predicted molar refractivity (Wildman–Crippen MR) is 119 cm³/mol. The fourth-order valence-electron chi connectivity index (χ4n) is 4.49. The number of rotatable bonds is 11. The van der Waals surface area contributed by atoms with Crippen molar-refractivity contribution in [2.45, 2.75) is 57.2 Å². The van der Waals surface area contributed by atoms with E-state index in [2.05, 4.69) is 52.7 Å². The molecule has 0 aromatic heterocycles. The number of benzene rings is 2. The molecule has 0 radical (unpaired) electrons. The molecule has 1 heterocycles. The average Bonchev–Trinajstić information content (AvgIpc) is 2.78. The summed E-state index contributed by atoms with van der Waals surface area (Å²) in [6.07, 6.45) is 6.85. The molecule has 1 fully saturated rings. The number of methoxy groups -OCH3 is 1. The number of aliphatic hydroxyl groups excluding tert-OH is 1. The fraction of sp³-hybridized carbons (Fsp3) is 0.520. The zero-order chi connectivity index (χ0) is 20.3. The second-order valence-corrected chi connectivity index (χ2v) is 7.97. The minimum Gasteiger partial charge on any atom is -0.496 e. The van der Waals surface area contributed by atoms with E-state index in [9.17, 15) is 0 Å². The molecule has 0 spiro atoms. The molecule has 29 heavy (non-hydrogen) atoms. The summed E-state index contributed by atoms with van der Waals surface area (Å²) in [5.74, 6) is 0.952. The number of unbranched alkanes of at least 4 members (excludes halogenated alkanes) is 3. The van der Waals surface area contributed by atoms with Crippen LogP contribution in [0.4, 0.5) is 0 Å². The monoisotopic (exact) mass is 396 g/mol. The quantitative estimate of drug-likeness (QED) is 0.547. The number of hydrogen-bond acceptors (Lipinski definition) is 4. The van der Waals surface area contributed by atoms with Crippen LogP contribution in [0.3, 0.4) is 0 Å². The van der Waals surface area contributed by atoms with Crippen LogP contribution in [0.15, 0.2) is 54.6 Å². The van der Waals surface area contributed by atoms with Gasteiger partial charge in [0.1, 0.15) is 5.75 Å². The first-order valence-electron chi connectivity index (χ1n) is 11.1. The van der Waals surface area contributed by atoms with E-state index in [0.717, 1.165) is 38.2 Å². The average molecular weight is 397 g/mol. The van der Waals surface area contributed by atoms with Gasteiger partial charge in [0.25, 0.3) is 0 Å². The number of piperidine rings is 1. The van der Waals surface area contributed by atoms with Crippen LogP contribution < -0.4 is 10.1 Å². The lowest BCUT2D eigenvalue weighted by Crippen LogP contribution is -2.48. The molecular weight excluding hydrogens is 360 g/mol. The van der Waals surface area contributed by atoms with Crippen LogP contribution in [-0.2, 0) is 6.54 Å². The zero-order valence-corrected chi connectivity index (χ0v) is 17.7. The Morgan fingerprint density at radius 2 is 1.76 bits per heavy atom. The minimum atomic E-state index is 0.311. The third kappa shape index (κ3) is 6.30. The van der Waals surface area contributed by atoms with Crippen molar-refractivity contribution in [3.05, 3.63) is 65.7 Å². The van der Waals surface area contributed by atoms with E-state index >= 15 is 0 Å². The Kier molecular flexibility index (Phi) is 9.00. The van der Waals surface area contributed by atoms with Crippen LogP contribution in [0.5, 0.6) is 5.75 Å². The van der Waals surface area contributed by atoms with E-state index in [1.165, 1.54) is 36.8 Å². The number of nitrogens with zero attached hydrogens (tertiary/aromatic N) is 1. The number of ether oxygens (including phenoxy) is 1. The predicted octanol–water partition coefficient (Wildman–Crippen LogP) is 4.54. The molecule has 0 aliphatic carbocycles. The Morgan fingerprint density at radius 3 is 2.55 bits per heavy atom. The van der Waals surface area contributed by atoms with Crippen LogP contribution in [0.1, 0.15) is 55.7 Å². The molecule has 3 rings (SSSR count). The number of aliphatic hydroxyl groups is 1. The Morgan fingerprint density at radius 1 is 1.00 bits per heavy atom. The highest BCUT2D eigenvalue weighted by atomic mass is 16.5. The Bertz CT molecular complexity index is 707. The van der Waals surface area contributed by atoms with E-state index in [1.807, 2.05) is 12.1 Å². The molecule has 2 N–H and O–H groups in total. The third-order valence-corrected chi connectivity index (χ3v) is 5.98. The molecule has 0 amide bonds. The second kappa shape index (κ2) is 12.0. The maximum Gasteiger partial charge on any atom is 0.123 e. The molecule has 1 saturated heterocycles. The van der Waals surface area contributed by atoms with Gasteiger partial charge in [-0.2, -0.15) is 0 Å². The normalized spacial score (nSPS) is 19.9. The second-order valence-electron chi connectivity index (χ2n) is 7.97. The highest BCUT2D eigenvalue weighted by Gasteiger charge is 2.32. The van der Waals surface area contributed by atoms with Gasteiger partial charge in [0.15, 0.2) is 0 Å². The van der Waals surface area contributed by atoms with Crippen molar-refractivity contribution >= 4 is 0 Å². The highest BCUT2D eigenvalue weighted by molar-refractivity contribution is 5.33. The first-order valence-corrected chi connectivity index (χ1v) is 11.1. The topological polar surface area (TPSA) is 44.7 Å². The largest absolute Gasteiger partial charge is 0.496 e. The summed E-state index contributed by atoms with van der Waals surface area (Å²) in [7, 11) is 1.74. The summed E-state index contributed by atoms with van der Waals surface area (Å²) in [4.78, 5) is 2.66. The Balaban J connectivity index is 1.68. The number of para-hydroxylation sites is 1. The molecule has 158 valence electrons. The van der Waals surface area contributed by atoms with E-state index in [4.69, 9.17) is 9.84 Å².